The first-order valence-electron chi connectivity index (χ1n) is 9.99. The van der Waals surface area contributed by atoms with Gasteiger partial charge in [0.1, 0.15) is 0 Å². The van der Waals surface area contributed by atoms with Crippen LogP contribution in [-0.4, -0.2) is 52.7 Å². The molecule has 1 unspecified atom stereocenters. The lowest BCUT2D eigenvalue weighted by molar-refractivity contribution is 0.0955. The van der Waals surface area contributed by atoms with Gasteiger partial charge in [0.25, 0.3) is 5.91 Å². The highest BCUT2D eigenvalue weighted by Gasteiger charge is 2.26. The molecule has 1 fully saturated rings. The Morgan fingerprint density at radius 2 is 2.11 bits per heavy atom. The number of aryl methyl sites for hydroxylation is 1. The molecule has 150 valence electrons. The van der Waals surface area contributed by atoms with Crippen LogP contribution >= 0.6 is 0 Å². The Morgan fingerprint density at radius 3 is 2.82 bits per heavy atom. The summed E-state index contributed by atoms with van der Waals surface area (Å²) >= 11 is 0. The van der Waals surface area contributed by atoms with Crippen molar-refractivity contribution in [1.29, 1.82) is 0 Å². The maximum absolute atomic E-state index is 12.0. The quantitative estimate of drug-likeness (QED) is 0.593. The van der Waals surface area contributed by atoms with Crippen LogP contribution < -0.4 is 10.6 Å². The fraction of sp³-hybridized carbons (Fsp3) is 0.476. The summed E-state index contributed by atoms with van der Waals surface area (Å²) < 4.78 is 1.86. The standard InChI is InChI=1S/C21H30N6O/c1-4-22-20(28)17-8-6-7-16(11-17)12-24-21(23-5-2)27-10-9-18(15-27)19-13-25-26(3)14-19/h6-8,11,13-14,18H,4-5,9-10,12,15H2,1-3H3,(H,22,28)(H,23,24). The van der Waals surface area contributed by atoms with Crippen molar-refractivity contribution >= 4 is 11.9 Å². The maximum atomic E-state index is 12.0. The van der Waals surface area contributed by atoms with Gasteiger partial charge in [0.2, 0.25) is 0 Å². The number of aliphatic imine (C=N–C) groups is 1. The van der Waals surface area contributed by atoms with Crippen molar-refractivity contribution < 1.29 is 4.79 Å². The lowest BCUT2D eigenvalue weighted by atomic mass is 10.0. The molecule has 3 rings (SSSR count). The highest BCUT2D eigenvalue weighted by Crippen LogP contribution is 2.26. The first-order valence-corrected chi connectivity index (χ1v) is 9.99. The van der Waals surface area contributed by atoms with Gasteiger partial charge < -0.3 is 15.5 Å². The number of likely N-dealkylation sites (tertiary alicyclic amines) is 1. The van der Waals surface area contributed by atoms with E-state index in [9.17, 15) is 4.79 Å². The second kappa shape index (κ2) is 9.39. The molecule has 1 aliphatic rings. The van der Waals surface area contributed by atoms with Crippen LogP contribution in [0.1, 0.15) is 47.7 Å². The summed E-state index contributed by atoms with van der Waals surface area (Å²) in [5.41, 5.74) is 3.00. The van der Waals surface area contributed by atoms with Crippen LogP contribution in [0.2, 0.25) is 0 Å². The minimum absolute atomic E-state index is 0.0425. The van der Waals surface area contributed by atoms with Crippen molar-refractivity contribution in [3.63, 3.8) is 0 Å². The van der Waals surface area contributed by atoms with E-state index < -0.39 is 0 Å². The third kappa shape index (κ3) is 4.91. The Hall–Kier alpha value is -2.83. The molecule has 7 heteroatoms. The van der Waals surface area contributed by atoms with Crippen LogP contribution in [-0.2, 0) is 13.6 Å². The summed E-state index contributed by atoms with van der Waals surface area (Å²) in [6.45, 7) is 7.92. The monoisotopic (exact) mass is 382 g/mol. The van der Waals surface area contributed by atoms with Gasteiger partial charge in [-0.2, -0.15) is 5.10 Å². The van der Waals surface area contributed by atoms with Crippen molar-refractivity contribution in [2.24, 2.45) is 12.0 Å². The molecular weight excluding hydrogens is 352 g/mol. The van der Waals surface area contributed by atoms with Crippen molar-refractivity contribution in [1.82, 2.24) is 25.3 Å². The van der Waals surface area contributed by atoms with Crippen LogP contribution in [0.25, 0.3) is 0 Å². The fourth-order valence-corrected chi connectivity index (χ4v) is 3.54. The summed E-state index contributed by atoms with van der Waals surface area (Å²) in [6, 6.07) is 7.68. The van der Waals surface area contributed by atoms with E-state index in [4.69, 9.17) is 4.99 Å². The average Bonchev–Trinajstić information content (AvgIpc) is 3.34. The summed E-state index contributed by atoms with van der Waals surface area (Å²) in [7, 11) is 1.95. The summed E-state index contributed by atoms with van der Waals surface area (Å²) in [4.78, 5) is 19.2. The van der Waals surface area contributed by atoms with E-state index in [0.29, 0.717) is 24.6 Å². The van der Waals surface area contributed by atoms with Crippen molar-refractivity contribution in [3.05, 3.63) is 53.3 Å². The minimum Gasteiger partial charge on any atom is -0.357 e. The van der Waals surface area contributed by atoms with Gasteiger partial charge in [-0.05, 0) is 43.5 Å². The maximum Gasteiger partial charge on any atom is 0.251 e. The van der Waals surface area contributed by atoms with Gasteiger partial charge >= 0.3 is 0 Å². The van der Waals surface area contributed by atoms with E-state index >= 15 is 0 Å². The van der Waals surface area contributed by atoms with Crippen LogP contribution in [0, 0.1) is 0 Å². The fourth-order valence-electron chi connectivity index (χ4n) is 3.54. The van der Waals surface area contributed by atoms with Gasteiger partial charge in [-0.15, -0.1) is 0 Å². The van der Waals surface area contributed by atoms with Gasteiger partial charge in [-0.25, -0.2) is 4.99 Å². The number of hydrogen-bond donors (Lipinski definition) is 2. The molecule has 0 spiro atoms. The lowest BCUT2D eigenvalue weighted by Crippen LogP contribution is -2.40. The first-order chi connectivity index (χ1) is 13.6. The zero-order chi connectivity index (χ0) is 19.9. The number of carbonyl (C=O) groups excluding carboxylic acids is 1. The number of carbonyl (C=O) groups is 1. The molecule has 1 saturated heterocycles. The predicted octanol–water partition coefficient (Wildman–Crippen LogP) is 2.12. The van der Waals surface area contributed by atoms with Gasteiger partial charge in [-0.1, -0.05) is 12.1 Å². The molecular formula is C21H30N6O. The zero-order valence-electron chi connectivity index (χ0n) is 17.0. The summed E-state index contributed by atoms with van der Waals surface area (Å²) in [5.74, 6) is 1.37. The molecule has 1 amide bonds. The molecule has 7 nitrogen and oxygen atoms in total. The minimum atomic E-state index is -0.0425. The second-order valence-corrected chi connectivity index (χ2v) is 7.11. The number of nitrogens with zero attached hydrogens (tertiary/aromatic N) is 4. The Labute approximate surface area is 166 Å². The second-order valence-electron chi connectivity index (χ2n) is 7.11. The van der Waals surface area contributed by atoms with Gasteiger partial charge in [0.05, 0.1) is 12.7 Å². The molecule has 1 aliphatic heterocycles. The number of benzene rings is 1. The largest absolute Gasteiger partial charge is 0.357 e. The number of rotatable bonds is 6. The molecule has 0 radical (unpaired) electrons. The third-order valence-corrected chi connectivity index (χ3v) is 4.96. The van der Waals surface area contributed by atoms with E-state index in [0.717, 1.165) is 37.6 Å². The van der Waals surface area contributed by atoms with Gasteiger partial charge in [-0.3, -0.25) is 9.48 Å². The molecule has 0 aliphatic carbocycles. The number of guanidine groups is 1. The molecule has 28 heavy (non-hydrogen) atoms. The Morgan fingerprint density at radius 1 is 1.29 bits per heavy atom. The molecule has 2 aromatic rings. The van der Waals surface area contributed by atoms with Crippen LogP contribution in [0.15, 0.2) is 41.7 Å². The highest BCUT2D eigenvalue weighted by molar-refractivity contribution is 5.94. The molecule has 1 atom stereocenters. The molecule has 1 aromatic heterocycles. The van der Waals surface area contributed by atoms with E-state index in [1.165, 1.54) is 5.56 Å². The Bertz CT molecular complexity index is 828. The molecule has 2 heterocycles. The third-order valence-electron chi connectivity index (χ3n) is 4.96. The van der Waals surface area contributed by atoms with E-state index in [-0.39, 0.29) is 5.91 Å². The number of amides is 1. The van der Waals surface area contributed by atoms with E-state index in [1.807, 2.05) is 49.1 Å². The molecule has 2 N–H and O–H groups in total. The van der Waals surface area contributed by atoms with Gasteiger partial charge in [0, 0.05) is 50.9 Å². The molecule has 1 aromatic carbocycles. The van der Waals surface area contributed by atoms with Crippen LogP contribution in [0.5, 0.6) is 0 Å². The van der Waals surface area contributed by atoms with Crippen molar-refractivity contribution in [2.45, 2.75) is 32.7 Å². The summed E-state index contributed by atoms with van der Waals surface area (Å²) in [6.07, 6.45) is 5.17. The number of nitrogens with one attached hydrogen (secondary N) is 2. The Balaban J connectivity index is 1.68. The zero-order valence-corrected chi connectivity index (χ0v) is 17.0. The van der Waals surface area contributed by atoms with Crippen LogP contribution in [0.3, 0.4) is 0 Å². The van der Waals surface area contributed by atoms with Crippen LogP contribution in [0.4, 0.5) is 0 Å². The SMILES string of the molecule is CCNC(=O)c1cccc(CN=C(NCC)N2CCC(c3cnn(C)c3)C2)c1. The Kier molecular flexibility index (Phi) is 6.68. The number of aromatic nitrogens is 2. The average molecular weight is 383 g/mol. The molecule has 0 bridgehead atoms. The lowest BCUT2D eigenvalue weighted by Gasteiger charge is -2.21. The topological polar surface area (TPSA) is 74.6 Å². The van der Waals surface area contributed by atoms with Crippen molar-refractivity contribution in [3.8, 4) is 0 Å². The normalized spacial score (nSPS) is 17.0. The first kappa shape index (κ1) is 19.9. The van der Waals surface area contributed by atoms with Gasteiger partial charge in [0.15, 0.2) is 5.96 Å². The predicted molar refractivity (Wildman–Crippen MR) is 111 cm³/mol. The molecule has 0 saturated carbocycles. The van der Waals surface area contributed by atoms with E-state index in [2.05, 4.69) is 33.8 Å². The number of hydrogen-bond acceptors (Lipinski definition) is 3. The summed E-state index contributed by atoms with van der Waals surface area (Å²) in [5, 5.41) is 10.5. The smallest absolute Gasteiger partial charge is 0.251 e. The van der Waals surface area contributed by atoms with E-state index in [1.54, 1.807) is 0 Å². The highest BCUT2D eigenvalue weighted by atomic mass is 16.1. The van der Waals surface area contributed by atoms with Crippen molar-refractivity contribution in [2.75, 3.05) is 26.2 Å².